The van der Waals surface area contributed by atoms with Gasteiger partial charge >= 0.3 is 5.97 Å². The summed E-state index contributed by atoms with van der Waals surface area (Å²) >= 11 is 7.82. The van der Waals surface area contributed by atoms with Gasteiger partial charge < -0.3 is 14.8 Å². The van der Waals surface area contributed by atoms with Crippen LogP contribution in [0.1, 0.15) is 49.9 Å². The number of carbonyl (C=O) groups is 1. The van der Waals surface area contributed by atoms with Crippen molar-refractivity contribution in [3.63, 3.8) is 0 Å². The molecule has 0 unspecified atom stereocenters. The van der Waals surface area contributed by atoms with E-state index in [0.29, 0.717) is 24.8 Å². The van der Waals surface area contributed by atoms with E-state index in [1.165, 1.54) is 22.9 Å². The van der Waals surface area contributed by atoms with Gasteiger partial charge in [0.25, 0.3) is 0 Å². The predicted octanol–water partition coefficient (Wildman–Crippen LogP) is 10.4. The molecule has 6 aromatic rings. The molecule has 0 amide bonds. The SMILES string of the molecule is CCOC(=O)Cc1ccc(NCc2ccc(Sc3nnc(-c4ccc(C(C)(C)C)cc4)n3-c3ccc(Cl)cc3)cc2OCCc2ccccc2)cc1. The number of carbonyl (C=O) groups excluding carboxylic acids is 1. The second-order valence-corrected chi connectivity index (χ2v) is 14.9. The molecule has 0 spiro atoms. The lowest BCUT2D eigenvalue weighted by Crippen LogP contribution is -2.10. The number of anilines is 1. The zero-order chi connectivity index (χ0) is 36.5. The molecule has 0 aliphatic rings. The molecule has 9 heteroatoms. The number of esters is 1. The van der Waals surface area contributed by atoms with Crippen LogP contribution < -0.4 is 10.1 Å². The van der Waals surface area contributed by atoms with Gasteiger partial charge in [0.05, 0.1) is 19.6 Å². The van der Waals surface area contributed by atoms with Gasteiger partial charge in [0.2, 0.25) is 5.16 Å². The average Bonchev–Trinajstić information content (AvgIpc) is 3.55. The van der Waals surface area contributed by atoms with E-state index in [0.717, 1.165) is 56.1 Å². The monoisotopic (exact) mass is 730 g/mol. The summed E-state index contributed by atoms with van der Waals surface area (Å²) < 4.78 is 13.6. The Kier molecular flexibility index (Phi) is 12.0. The third-order valence-corrected chi connectivity index (χ3v) is 9.75. The van der Waals surface area contributed by atoms with Gasteiger partial charge in [-0.25, -0.2) is 0 Å². The minimum absolute atomic E-state index is 0.0436. The van der Waals surface area contributed by atoms with Crippen LogP contribution in [0, 0.1) is 0 Å². The van der Waals surface area contributed by atoms with Crippen LogP contribution >= 0.6 is 23.4 Å². The largest absolute Gasteiger partial charge is 0.493 e. The van der Waals surface area contributed by atoms with Crippen molar-refractivity contribution in [2.75, 3.05) is 18.5 Å². The Labute approximate surface area is 315 Å². The van der Waals surface area contributed by atoms with Crippen LogP contribution in [-0.2, 0) is 34.3 Å². The Bertz CT molecular complexity index is 2080. The molecule has 0 atom stereocenters. The first kappa shape index (κ1) is 36.7. The Morgan fingerprint density at radius 2 is 1.58 bits per heavy atom. The fourth-order valence-corrected chi connectivity index (χ4v) is 6.69. The third-order valence-electron chi connectivity index (χ3n) is 8.56. The van der Waals surface area contributed by atoms with Crippen molar-refractivity contribution >= 4 is 35.0 Å². The molecule has 7 nitrogen and oxygen atoms in total. The molecule has 1 aromatic heterocycles. The molecule has 5 aromatic carbocycles. The summed E-state index contributed by atoms with van der Waals surface area (Å²) in [5, 5.41) is 14.3. The lowest BCUT2D eigenvalue weighted by molar-refractivity contribution is -0.142. The zero-order valence-electron chi connectivity index (χ0n) is 29.9. The number of halogens is 1. The standard InChI is InChI=1S/C43H43ClN4O3S/c1-5-50-40(49)27-31-11-20-36(21-12-31)45-29-33-15-24-38(28-39(33)51-26-25-30-9-7-6-8-10-30)52-42-47-46-41(48(42)37-22-18-35(44)19-23-37)32-13-16-34(17-14-32)43(2,3)4/h6-24,28,45H,5,25-27,29H2,1-4H3. The van der Waals surface area contributed by atoms with Crippen LogP contribution in [-0.4, -0.2) is 33.9 Å². The third kappa shape index (κ3) is 9.63. The molecule has 0 saturated carbocycles. The predicted molar refractivity (Wildman–Crippen MR) is 211 cm³/mol. The van der Waals surface area contributed by atoms with Crippen LogP contribution in [0.4, 0.5) is 5.69 Å². The second kappa shape index (κ2) is 17.0. The first-order chi connectivity index (χ1) is 25.2. The van der Waals surface area contributed by atoms with E-state index in [-0.39, 0.29) is 17.8 Å². The van der Waals surface area contributed by atoms with Gasteiger partial charge in [-0.2, -0.15) is 0 Å². The summed E-state index contributed by atoms with van der Waals surface area (Å²) in [6.07, 6.45) is 1.04. The lowest BCUT2D eigenvalue weighted by Gasteiger charge is -2.19. The number of nitrogens with one attached hydrogen (secondary N) is 1. The molecule has 0 radical (unpaired) electrons. The summed E-state index contributed by atoms with van der Waals surface area (Å²) in [6.45, 7) is 9.90. The highest BCUT2D eigenvalue weighted by Gasteiger charge is 2.20. The molecule has 52 heavy (non-hydrogen) atoms. The highest BCUT2D eigenvalue weighted by Crippen LogP contribution is 2.36. The first-order valence-electron chi connectivity index (χ1n) is 17.4. The number of hydrogen-bond acceptors (Lipinski definition) is 7. The van der Waals surface area contributed by atoms with Crippen LogP contribution in [0.5, 0.6) is 5.75 Å². The first-order valence-corrected chi connectivity index (χ1v) is 18.6. The van der Waals surface area contributed by atoms with Gasteiger partial charge in [-0.3, -0.25) is 9.36 Å². The van der Waals surface area contributed by atoms with Crippen LogP contribution in [0.25, 0.3) is 17.1 Å². The fourth-order valence-electron chi connectivity index (χ4n) is 5.69. The van der Waals surface area contributed by atoms with Crippen molar-refractivity contribution in [1.29, 1.82) is 0 Å². The average molecular weight is 731 g/mol. The molecule has 266 valence electrons. The Balaban J connectivity index is 1.26. The van der Waals surface area contributed by atoms with Crippen LogP contribution in [0.3, 0.4) is 0 Å². The van der Waals surface area contributed by atoms with E-state index >= 15 is 0 Å². The van der Waals surface area contributed by atoms with Crippen molar-refractivity contribution in [3.8, 4) is 22.8 Å². The number of aromatic nitrogens is 3. The Hall–Kier alpha value is -5.05. The van der Waals surface area contributed by atoms with Gasteiger partial charge in [-0.15, -0.1) is 10.2 Å². The minimum Gasteiger partial charge on any atom is -0.493 e. The highest BCUT2D eigenvalue weighted by molar-refractivity contribution is 7.99. The minimum atomic E-state index is -0.226. The van der Waals surface area contributed by atoms with Gasteiger partial charge in [0.1, 0.15) is 5.75 Å². The molecule has 1 N–H and O–H groups in total. The quantitative estimate of drug-likeness (QED) is 0.112. The molecule has 6 rings (SSSR count). The van der Waals surface area contributed by atoms with Crippen molar-refractivity contribution < 1.29 is 14.3 Å². The summed E-state index contributed by atoms with van der Waals surface area (Å²) in [4.78, 5) is 12.9. The number of benzene rings is 5. The van der Waals surface area contributed by atoms with Crippen molar-refractivity contribution in [1.82, 2.24) is 14.8 Å². The number of nitrogens with zero attached hydrogens (tertiary/aromatic N) is 3. The number of ether oxygens (including phenoxy) is 2. The number of rotatable bonds is 14. The van der Waals surface area contributed by atoms with Crippen molar-refractivity contribution in [2.24, 2.45) is 0 Å². The Morgan fingerprint density at radius 1 is 0.846 bits per heavy atom. The van der Waals surface area contributed by atoms with E-state index in [2.05, 4.69) is 95.4 Å². The van der Waals surface area contributed by atoms with Crippen LogP contribution in [0.2, 0.25) is 5.02 Å². The number of hydrogen-bond donors (Lipinski definition) is 1. The normalized spacial score (nSPS) is 11.3. The summed E-state index contributed by atoms with van der Waals surface area (Å²) in [6, 6.07) is 40.7. The molecular weight excluding hydrogens is 688 g/mol. The summed E-state index contributed by atoms with van der Waals surface area (Å²) in [5.41, 5.74) is 7.28. The summed E-state index contributed by atoms with van der Waals surface area (Å²) in [7, 11) is 0. The summed E-state index contributed by atoms with van der Waals surface area (Å²) in [5.74, 6) is 1.32. The van der Waals surface area contributed by atoms with E-state index in [1.54, 1.807) is 0 Å². The molecule has 0 aliphatic carbocycles. The zero-order valence-corrected chi connectivity index (χ0v) is 31.5. The molecular formula is C43H43ClN4O3S. The van der Waals surface area contributed by atoms with Crippen LogP contribution in [0.15, 0.2) is 131 Å². The molecule has 0 aliphatic heterocycles. The molecule has 1 heterocycles. The smallest absolute Gasteiger partial charge is 0.310 e. The van der Waals surface area contributed by atoms with Crippen molar-refractivity contribution in [3.05, 3.63) is 149 Å². The Morgan fingerprint density at radius 3 is 2.27 bits per heavy atom. The van der Waals surface area contributed by atoms with Gasteiger partial charge in [0, 0.05) is 45.4 Å². The van der Waals surface area contributed by atoms with Gasteiger partial charge in [-0.1, -0.05) is 105 Å². The maximum atomic E-state index is 11.9. The molecule has 0 fully saturated rings. The topological polar surface area (TPSA) is 78.3 Å². The maximum absolute atomic E-state index is 11.9. The fraction of sp³-hybridized carbons (Fsp3) is 0.233. The van der Waals surface area contributed by atoms with E-state index in [1.807, 2.05) is 73.7 Å². The van der Waals surface area contributed by atoms with E-state index < -0.39 is 0 Å². The van der Waals surface area contributed by atoms with Gasteiger partial charge in [-0.05, 0) is 89.3 Å². The molecule has 0 bridgehead atoms. The van der Waals surface area contributed by atoms with E-state index in [9.17, 15) is 4.79 Å². The molecule has 0 saturated heterocycles. The van der Waals surface area contributed by atoms with E-state index in [4.69, 9.17) is 21.1 Å². The highest BCUT2D eigenvalue weighted by atomic mass is 35.5. The maximum Gasteiger partial charge on any atom is 0.310 e. The van der Waals surface area contributed by atoms with Gasteiger partial charge in [0.15, 0.2) is 5.82 Å². The lowest BCUT2D eigenvalue weighted by atomic mass is 9.87. The second-order valence-electron chi connectivity index (χ2n) is 13.4. The van der Waals surface area contributed by atoms with Crippen molar-refractivity contribution in [2.45, 2.75) is 62.5 Å².